The first-order chi connectivity index (χ1) is 14.1. The number of pyridine rings is 1. The summed E-state index contributed by atoms with van der Waals surface area (Å²) in [6.07, 6.45) is 4.11. The molecule has 4 rings (SSSR count). The van der Waals surface area contributed by atoms with Crippen LogP contribution in [-0.2, 0) is 6.54 Å². The largest absolute Gasteiger partial charge is 0.368 e. The summed E-state index contributed by atoms with van der Waals surface area (Å²) in [4.78, 5) is 6.86. The van der Waals surface area contributed by atoms with E-state index in [1.165, 1.54) is 22.9 Å². The maximum atomic E-state index is 13.4. The summed E-state index contributed by atoms with van der Waals surface area (Å²) in [6, 6.07) is 17.2. The van der Waals surface area contributed by atoms with Crippen LogP contribution >= 0.6 is 0 Å². The van der Waals surface area contributed by atoms with Crippen LogP contribution in [0.25, 0.3) is 21.8 Å². The predicted octanol–water partition coefficient (Wildman–Crippen LogP) is 5.13. The smallest absolute Gasteiger partial charge is 0.150 e. The highest BCUT2D eigenvalue weighted by molar-refractivity contribution is 6.11. The van der Waals surface area contributed by atoms with Crippen LogP contribution in [0.3, 0.4) is 0 Å². The second-order valence-corrected chi connectivity index (χ2v) is 7.72. The van der Waals surface area contributed by atoms with Crippen LogP contribution < -0.4 is 5.32 Å². The SMILES string of the molecule is CN(C)CCCCNc1nccc2c3ccccc3n(Cc3ccc(F)cc3)c12. The Kier molecular flexibility index (Phi) is 5.76. The standard InChI is InChI=1S/C24H27FN4/c1-28(2)16-6-5-14-26-24-23-21(13-15-27-24)20-7-3-4-8-22(20)29(23)17-18-9-11-19(25)12-10-18/h3-4,7-13,15H,5-6,14,16-17H2,1-2H3,(H,26,27). The molecule has 150 valence electrons. The monoisotopic (exact) mass is 390 g/mol. The summed E-state index contributed by atoms with van der Waals surface area (Å²) in [5.41, 5.74) is 3.33. The highest BCUT2D eigenvalue weighted by Gasteiger charge is 2.15. The minimum atomic E-state index is -0.210. The number of aromatic nitrogens is 2. The van der Waals surface area contributed by atoms with Gasteiger partial charge in [-0.05, 0) is 63.3 Å². The second-order valence-electron chi connectivity index (χ2n) is 7.72. The van der Waals surface area contributed by atoms with E-state index in [0.717, 1.165) is 48.3 Å². The van der Waals surface area contributed by atoms with Crippen molar-refractivity contribution in [2.45, 2.75) is 19.4 Å². The molecule has 4 aromatic rings. The number of benzene rings is 2. The summed E-state index contributed by atoms with van der Waals surface area (Å²) in [7, 11) is 4.20. The minimum Gasteiger partial charge on any atom is -0.368 e. The van der Waals surface area contributed by atoms with Crippen molar-refractivity contribution in [2.24, 2.45) is 0 Å². The van der Waals surface area contributed by atoms with Crippen LogP contribution in [0, 0.1) is 5.82 Å². The second kappa shape index (κ2) is 8.62. The lowest BCUT2D eigenvalue weighted by molar-refractivity contribution is 0.396. The molecule has 4 nitrogen and oxygen atoms in total. The fourth-order valence-corrected chi connectivity index (χ4v) is 3.83. The number of hydrogen-bond acceptors (Lipinski definition) is 3. The molecule has 2 aromatic carbocycles. The van der Waals surface area contributed by atoms with Crippen LogP contribution in [0.15, 0.2) is 60.8 Å². The van der Waals surface area contributed by atoms with Gasteiger partial charge in [0.05, 0.1) is 5.52 Å². The molecule has 29 heavy (non-hydrogen) atoms. The van der Waals surface area contributed by atoms with E-state index >= 15 is 0 Å². The van der Waals surface area contributed by atoms with E-state index in [1.54, 1.807) is 0 Å². The maximum absolute atomic E-state index is 13.4. The number of unbranched alkanes of at least 4 members (excludes halogenated alkanes) is 1. The van der Waals surface area contributed by atoms with Gasteiger partial charge in [0.25, 0.3) is 0 Å². The zero-order valence-electron chi connectivity index (χ0n) is 17.0. The quantitative estimate of drug-likeness (QED) is 0.423. The summed E-state index contributed by atoms with van der Waals surface area (Å²) >= 11 is 0. The van der Waals surface area contributed by atoms with E-state index in [4.69, 9.17) is 0 Å². The van der Waals surface area contributed by atoms with Gasteiger partial charge in [-0.2, -0.15) is 0 Å². The van der Waals surface area contributed by atoms with E-state index in [-0.39, 0.29) is 5.82 Å². The molecule has 0 aliphatic rings. The fraction of sp³-hybridized carbons (Fsp3) is 0.292. The van der Waals surface area contributed by atoms with Crippen LogP contribution in [0.4, 0.5) is 10.2 Å². The van der Waals surface area contributed by atoms with Gasteiger partial charge in [-0.25, -0.2) is 9.37 Å². The van der Waals surface area contributed by atoms with Gasteiger partial charge in [0.15, 0.2) is 5.82 Å². The van der Waals surface area contributed by atoms with E-state index in [9.17, 15) is 4.39 Å². The number of halogens is 1. The van der Waals surface area contributed by atoms with Crippen molar-refractivity contribution in [1.29, 1.82) is 0 Å². The molecule has 0 aliphatic carbocycles. The number of fused-ring (bicyclic) bond motifs is 3. The molecule has 0 bridgehead atoms. The van der Waals surface area contributed by atoms with Gasteiger partial charge in [-0.15, -0.1) is 0 Å². The third kappa shape index (κ3) is 4.25. The van der Waals surface area contributed by atoms with Gasteiger partial charge in [0, 0.05) is 35.6 Å². The number of nitrogens with zero attached hydrogens (tertiary/aromatic N) is 3. The molecule has 2 aromatic heterocycles. The van der Waals surface area contributed by atoms with Crippen LogP contribution in [0.5, 0.6) is 0 Å². The van der Waals surface area contributed by atoms with E-state index < -0.39 is 0 Å². The van der Waals surface area contributed by atoms with Crippen molar-refractivity contribution >= 4 is 27.6 Å². The Labute approximate surface area is 171 Å². The van der Waals surface area contributed by atoms with E-state index in [2.05, 4.69) is 64.2 Å². The lowest BCUT2D eigenvalue weighted by Gasteiger charge is -2.13. The zero-order chi connectivity index (χ0) is 20.2. The topological polar surface area (TPSA) is 33.1 Å². The van der Waals surface area contributed by atoms with Crippen molar-refractivity contribution in [1.82, 2.24) is 14.5 Å². The van der Waals surface area contributed by atoms with Crippen LogP contribution in [0.1, 0.15) is 18.4 Å². The molecule has 0 fully saturated rings. The zero-order valence-corrected chi connectivity index (χ0v) is 17.0. The molecule has 5 heteroatoms. The lowest BCUT2D eigenvalue weighted by Crippen LogP contribution is -2.14. The number of nitrogens with one attached hydrogen (secondary N) is 1. The molecule has 0 spiro atoms. The van der Waals surface area contributed by atoms with E-state index in [0.29, 0.717) is 6.54 Å². The highest BCUT2D eigenvalue weighted by atomic mass is 19.1. The third-order valence-corrected chi connectivity index (χ3v) is 5.26. The Morgan fingerprint density at radius 2 is 1.76 bits per heavy atom. The molecule has 0 radical (unpaired) electrons. The van der Waals surface area contributed by atoms with Crippen molar-refractivity contribution in [3.05, 3.63) is 72.2 Å². The first-order valence-corrected chi connectivity index (χ1v) is 10.1. The highest BCUT2D eigenvalue weighted by Crippen LogP contribution is 2.33. The van der Waals surface area contributed by atoms with Crippen molar-refractivity contribution < 1.29 is 4.39 Å². The van der Waals surface area contributed by atoms with Crippen LogP contribution in [0.2, 0.25) is 0 Å². The minimum absolute atomic E-state index is 0.210. The molecule has 0 unspecified atom stereocenters. The van der Waals surface area contributed by atoms with Gasteiger partial charge < -0.3 is 14.8 Å². The Morgan fingerprint density at radius 1 is 0.966 bits per heavy atom. The van der Waals surface area contributed by atoms with Gasteiger partial charge in [-0.1, -0.05) is 30.3 Å². The molecule has 0 saturated heterocycles. The Morgan fingerprint density at radius 3 is 2.55 bits per heavy atom. The molecule has 2 heterocycles. The van der Waals surface area contributed by atoms with E-state index in [1.807, 2.05) is 18.3 Å². The number of rotatable bonds is 8. The maximum Gasteiger partial charge on any atom is 0.150 e. The molecule has 0 amide bonds. The Balaban J connectivity index is 1.70. The molecular formula is C24H27FN4. The first kappa shape index (κ1) is 19.4. The Hall–Kier alpha value is -2.92. The average Bonchev–Trinajstić information content (AvgIpc) is 3.04. The van der Waals surface area contributed by atoms with Gasteiger partial charge in [0.1, 0.15) is 5.82 Å². The molecule has 0 atom stereocenters. The number of anilines is 1. The van der Waals surface area contributed by atoms with Crippen LogP contribution in [-0.4, -0.2) is 41.6 Å². The first-order valence-electron chi connectivity index (χ1n) is 10.1. The number of hydrogen-bond donors (Lipinski definition) is 1. The summed E-state index contributed by atoms with van der Waals surface area (Å²) in [5, 5.41) is 5.95. The van der Waals surface area contributed by atoms with Crippen molar-refractivity contribution in [3.63, 3.8) is 0 Å². The fourth-order valence-electron chi connectivity index (χ4n) is 3.83. The molecule has 1 N–H and O–H groups in total. The van der Waals surface area contributed by atoms with Gasteiger partial charge >= 0.3 is 0 Å². The molecular weight excluding hydrogens is 363 g/mol. The summed E-state index contributed by atoms with van der Waals surface area (Å²) in [6.45, 7) is 2.65. The van der Waals surface area contributed by atoms with Crippen molar-refractivity contribution in [2.75, 3.05) is 32.5 Å². The molecule has 0 saturated carbocycles. The van der Waals surface area contributed by atoms with Gasteiger partial charge in [0.2, 0.25) is 0 Å². The van der Waals surface area contributed by atoms with Crippen molar-refractivity contribution in [3.8, 4) is 0 Å². The summed E-state index contributed by atoms with van der Waals surface area (Å²) in [5.74, 6) is 0.698. The summed E-state index contributed by atoms with van der Waals surface area (Å²) < 4.78 is 15.6. The lowest BCUT2D eigenvalue weighted by atomic mass is 10.2. The normalized spacial score (nSPS) is 11.6. The van der Waals surface area contributed by atoms with Gasteiger partial charge in [-0.3, -0.25) is 0 Å². The third-order valence-electron chi connectivity index (χ3n) is 5.26. The molecule has 0 aliphatic heterocycles. The average molecular weight is 391 g/mol. The number of para-hydroxylation sites is 1. The Bertz CT molecular complexity index is 1100. The predicted molar refractivity (Wildman–Crippen MR) is 119 cm³/mol.